The van der Waals surface area contributed by atoms with E-state index in [1.807, 2.05) is 25.1 Å². The molecular formula is C10H9BrNO+. The molecule has 1 aromatic carbocycles. The maximum absolute atomic E-state index is 11.6. The lowest BCUT2D eigenvalue weighted by atomic mass is 10.1. The van der Waals surface area contributed by atoms with Crippen LogP contribution < -0.4 is 0 Å². The second-order valence-electron chi connectivity index (χ2n) is 3.18. The van der Waals surface area contributed by atoms with Gasteiger partial charge >= 0.3 is 5.91 Å². The Balaban J connectivity index is 2.67. The number of hydrogen-bond acceptors (Lipinski definition) is 1. The van der Waals surface area contributed by atoms with Crippen LogP contribution in [-0.4, -0.2) is 17.2 Å². The van der Waals surface area contributed by atoms with Crippen molar-refractivity contribution in [2.75, 3.05) is 0 Å². The van der Waals surface area contributed by atoms with E-state index in [4.69, 9.17) is 0 Å². The molecule has 0 bridgehead atoms. The van der Waals surface area contributed by atoms with Gasteiger partial charge < -0.3 is 0 Å². The Bertz CT molecular complexity index is 411. The van der Waals surface area contributed by atoms with Gasteiger partial charge in [0.25, 0.3) is 0 Å². The Kier molecular flexibility index (Phi) is 1.84. The minimum absolute atomic E-state index is 0.00926. The first-order chi connectivity index (χ1) is 6.11. The first-order valence-electron chi connectivity index (χ1n) is 4.05. The van der Waals surface area contributed by atoms with Crippen molar-refractivity contribution in [1.82, 2.24) is 0 Å². The van der Waals surface area contributed by atoms with E-state index in [1.165, 1.54) is 4.58 Å². The molecule has 1 atom stereocenters. The van der Waals surface area contributed by atoms with E-state index in [2.05, 4.69) is 22.6 Å². The molecule has 0 spiro atoms. The highest BCUT2D eigenvalue weighted by molar-refractivity contribution is 9.10. The molecule has 0 saturated heterocycles. The molecule has 1 unspecified atom stereocenters. The Hall–Kier alpha value is -0.960. The van der Waals surface area contributed by atoms with Crippen molar-refractivity contribution in [3.05, 3.63) is 33.8 Å². The minimum atomic E-state index is 0.00926. The summed E-state index contributed by atoms with van der Waals surface area (Å²) in [7, 11) is 0. The first kappa shape index (κ1) is 8.63. The third kappa shape index (κ3) is 1.15. The number of amides is 1. The molecule has 1 aliphatic rings. The van der Waals surface area contributed by atoms with Crippen LogP contribution >= 0.6 is 15.9 Å². The fraction of sp³-hybridized carbons (Fsp3) is 0.200. The van der Waals surface area contributed by atoms with Crippen LogP contribution in [0.1, 0.15) is 28.9 Å². The number of benzene rings is 1. The summed E-state index contributed by atoms with van der Waals surface area (Å²) < 4.78 is 2.51. The molecule has 13 heavy (non-hydrogen) atoms. The van der Waals surface area contributed by atoms with Crippen LogP contribution in [0.25, 0.3) is 0 Å². The van der Waals surface area contributed by atoms with Crippen molar-refractivity contribution in [2.24, 2.45) is 0 Å². The fourth-order valence-corrected chi connectivity index (χ4v) is 1.95. The maximum atomic E-state index is 11.6. The van der Waals surface area contributed by atoms with Gasteiger partial charge in [0.15, 0.2) is 6.04 Å². The molecule has 0 saturated carbocycles. The Morgan fingerprint density at radius 1 is 1.54 bits per heavy atom. The summed E-state index contributed by atoms with van der Waals surface area (Å²) in [4.78, 5) is 11.6. The zero-order valence-electron chi connectivity index (χ0n) is 7.25. The normalized spacial score (nSPS) is 20.6. The Labute approximate surface area is 85.0 Å². The summed E-state index contributed by atoms with van der Waals surface area (Å²) in [5.74, 6) is 0.00926. The van der Waals surface area contributed by atoms with Gasteiger partial charge in [0.05, 0.1) is 0 Å². The maximum Gasteiger partial charge on any atom is 0.419 e. The van der Waals surface area contributed by atoms with Crippen molar-refractivity contribution in [3.8, 4) is 0 Å². The van der Waals surface area contributed by atoms with E-state index in [-0.39, 0.29) is 11.9 Å². The molecule has 1 heterocycles. The average molecular weight is 239 g/mol. The van der Waals surface area contributed by atoms with Crippen molar-refractivity contribution < 1.29 is 9.37 Å². The van der Waals surface area contributed by atoms with E-state index in [1.54, 1.807) is 0 Å². The average Bonchev–Trinajstić information content (AvgIpc) is 2.32. The molecule has 0 aliphatic carbocycles. The number of nitrogens with zero attached hydrogens (tertiary/aromatic N) is 1. The van der Waals surface area contributed by atoms with Crippen LogP contribution in [-0.2, 0) is 0 Å². The third-order valence-electron chi connectivity index (χ3n) is 2.42. The predicted octanol–water partition coefficient (Wildman–Crippen LogP) is 2.38. The summed E-state index contributed by atoms with van der Waals surface area (Å²) in [6.45, 7) is 5.69. The number of halogens is 1. The molecule has 1 aromatic rings. The number of carbonyl (C=O) groups is 1. The monoisotopic (exact) mass is 238 g/mol. The van der Waals surface area contributed by atoms with Crippen molar-refractivity contribution in [2.45, 2.75) is 13.0 Å². The quantitative estimate of drug-likeness (QED) is 0.636. The van der Waals surface area contributed by atoms with Crippen LogP contribution in [0.2, 0.25) is 0 Å². The van der Waals surface area contributed by atoms with E-state index < -0.39 is 0 Å². The second kappa shape index (κ2) is 2.77. The van der Waals surface area contributed by atoms with E-state index in [9.17, 15) is 4.79 Å². The highest BCUT2D eigenvalue weighted by Gasteiger charge is 2.37. The predicted molar refractivity (Wildman–Crippen MR) is 54.3 cm³/mol. The zero-order valence-corrected chi connectivity index (χ0v) is 8.84. The van der Waals surface area contributed by atoms with Gasteiger partial charge in [0.2, 0.25) is 0 Å². The smallest absolute Gasteiger partial charge is 0.214 e. The molecule has 0 fully saturated rings. The number of fused-ring (bicyclic) bond motifs is 1. The van der Waals surface area contributed by atoms with Crippen molar-refractivity contribution >= 4 is 28.6 Å². The molecule has 66 valence electrons. The molecular weight excluding hydrogens is 230 g/mol. The second-order valence-corrected chi connectivity index (χ2v) is 4.10. The largest absolute Gasteiger partial charge is 0.419 e. The first-order valence-corrected chi connectivity index (χ1v) is 4.84. The SMILES string of the molecule is C=[N+]1C(=O)c2ccc(Br)cc2C1C. The van der Waals surface area contributed by atoms with Gasteiger partial charge in [0.1, 0.15) is 12.3 Å². The standard InChI is InChI=1S/C10H9BrNO/c1-6-9-5-7(11)3-4-8(9)10(13)12(6)2/h3-6H,2H2,1H3/q+1. The van der Waals surface area contributed by atoms with Gasteiger partial charge in [-0.25, -0.2) is 4.79 Å². The van der Waals surface area contributed by atoms with Crippen molar-refractivity contribution in [1.29, 1.82) is 0 Å². The van der Waals surface area contributed by atoms with Gasteiger partial charge in [-0.15, -0.1) is 0 Å². The molecule has 1 amide bonds. The minimum Gasteiger partial charge on any atom is -0.214 e. The molecule has 0 radical (unpaired) electrons. The Morgan fingerprint density at radius 2 is 2.23 bits per heavy atom. The van der Waals surface area contributed by atoms with Crippen LogP contribution in [0.4, 0.5) is 0 Å². The van der Waals surface area contributed by atoms with E-state index in [0.29, 0.717) is 0 Å². The summed E-state index contributed by atoms with van der Waals surface area (Å²) in [5, 5.41) is 0. The third-order valence-corrected chi connectivity index (χ3v) is 2.92. The summed E-state index contributed by atoms with van der Waals surface area (Å²) >= 11 is 3.38. The summed E-state index contributed by atoms with van der Waals surface area (Å²) in [6.07, 6.45) is 0. The summed E-state index contributed by atoms with van der Waals surface area (Å²) in [6, 6.07) is 5.77. The molecule has 2 nitrogen and oxygen atoms in total. The number of rotatable bonds is 0. The van der Waals surface area contributed by atoms with Gasteiger partial charge in [-0.3, -0.25) is 0 Å². The lowest BCUT2D eigenvalue weighted by molar-refractivity contribution is -0.457. The number of hydrogen-bond donors (Lipinski definition) is 0. The molecule has 0 N–H and O–H groups in total. The van der Waals surface area contributed by atoms with E-state index in [0.717, 1.165) is 15.6 Å². The lowest BCUT2D eigenvalue weighted by Crippen LogP contribution is -2.12. The summed E-state index contributed by atoms with van der Waals surface area (Å²) in [5.41, 5.74) is 1.82. The van der Waals surface area contributed by atoms with Crippen LogP contribution in [0, 0.1) is 0 Å². The number of carbonyl (C=O) groups excluding carboxylic acids is 1. The van der Waals surface area contributed by atoms with Crippen LogP contribution in [0.5, 0.6) is 0 Å². The van der Waals surface area contributed by atoms with Crippen molar-refractivity contribution in [3.63, 3.8) is 0 Å². The van der Waals surface area contributed by atoms with Crippen LogP contribution in [0.15, 0.2) is 22.7 Å². The molecule has 2 rings (SSSR count). The highest BCUT2D eigenvalue weighted by Crippen LogP contribution is 2.31. The van der Waals surface area contributed by atoms with E-state index >= 15 is 0 Å². The lowest BCUT2D eigenvalue weighted by Gasteiger charge is -1.97. The Morgan fingerprint density at radius 3 is 2.92 bits per heavy atom. The van der Waals surface area contributed by atoms with Gasteiger partial charge in [0, 0.05) is 17.0 Å². The molecule has 3 heteroatoms. The topological polar surface area (TPSA) is 20.1 Å². The molecule has 0 aromatic heterocycles. The zero-order chi connectivity index (χ0) is 9.59. The van der Waals surface area contributed by atoms with Gasteiger partial charge in [-0.1, -0.05) is 15.9 Å². The van der Waals surface area contributed by atoms with Gasteiger partial charge in [-0.2, -0.15) is 4.58 Å². The van der Waals surface area contributed by atoms with Crippen LogP contribution in [0.3, 0.4) is 0 Å². The fourth-order valence-electron chi connectivity index (χ4n) is 1.57. The highest BCUT2D eigenvalue weighted by atomic mass is 79.9. The molecule has 1 aliphatic heterocycles. The van der Waals surface area contributed by atoms with Gasteiger partial charge in [-0.05, 0) is 18.2 Å².